The van der Waals surface area contributed by atoms with Crippen LogP contribution in [0.4, 0.5) is 24.7 Å². The van der Waals surface area contributed by atoms with Gasteiger partial charge in [0.15, 0.2) is 17.3 Å². The van der Waals surface area contributed by atoms with Crippen molar-refractivity contribution in [2.24, 2.45) is 11.7 Å². The fourth-order valence-corrected chi connectivity index (χ4v) is 3.60. The predicted octanol–water partition coefficient (Wildman–Crippen LogP) is 2.15. The lowest BCUT2D eigenvalue weighted by Gasteiger charge is -2.27. The lowest BCUT2D eigenvalue weighted by Crippen LogP contribution is -2.29. The predicted molar refractivity (Wildman–Crippen MR) is 108 cm³/mol. The Bertz CT molecular complexity index is 1150. The highest BCUT2D eigenvalue weighted by Gasteiger charge is 2.35. The number of amides is 1. The first-order valence-electron chi connectivity index (χ1n) is 9.74. The van der Waals surface area contributed by atoms with Crippen LogP contribution in [0, 0.1) is 17.2 Å². The average molecular weight is 463 g/mol. The third-order valence-electron chi connectivity index (χ3n) is 5.08. The smallest absolute Gasteiger partial charge is 0.530 e. The van der Waals surface area contributed by atoms with Crippen LogP contribution >= 0.6 is 0 Å². The second-order valence-electron chi connectivity index (χ2n) is 7.34. The number of nitrogens with two attached hydrogens (primary N) is 1. The molecule has 33 heavy (non-hydrogen) atoms. The van der Waals surface area contributed by atoms with E-state index in [1.807, 2.05) is 0 Å². The highest BCUT2D eigenvalue weighted by molar-refractivity contribution is 6.51. The minimum atomic E-state index is -5.02. The molecule has 1 amide bonds. The number of benzene rings is 1. The number of hydrogen-bond donors (Lipinski definition) is 3. The first kappa shape index (κ1) is 22.5. The van der Waals surface area contributed by atoms with Crippen LogP contribution in [0.5, 0.6) is 11.5 Å². The summed E-state index contributed by atoms with van der Waals surface area (Å²) in [5.74, 6) is -1.02. The fraction of sp³-hybridized carbons (Fsp3) is 0.316. The Morgan fingerprint density at radius 2 is 2.24 bits per heavy atom. The van der Waals surface area contributed by atoms with Crippen molar-refractivity contribution in [1.82, 2.24) is 9.78 Å². The van der Waals surface area contributed by atoms with Gasteiger partial charge in [-0.25, -0.2) is 0 Å². The summed E-state index contributed by atoms with van der Waals surface area (Å²) in [6.45, 7) is 0.621. The maximum Gasteiger partial charge on any atom is 0.573 e. The molecule has 4 N–H and O–H groups in total. The maximum absolute atomic E-state index is 12.9. The Balaban J connectivity index is 1.71. The summed E-state index contributed by atoms with van der Waals surface area (Å²) >= 11 is 0. The van der Waals surface area contributed by atoms with Crippen LogP contribution in [0.15, 0.2) is 24.3 Å². The molecule has 10 nitrogen and oxygen atoms in total. The molecule has 2 aromatic rings. The fourth-order valence-electron chi connectivity index (χ4n) is 3.60. The second-order valence-corrected chi connectivity index (χ2v) is 7.34. The molecule has 172 valence electrons. The van der Waals surface area contributed by atoms with E-state index in [1.54, 1.807) is 0 Å². The topological polar surface area (TPSA) is 145 Å². The van der Waals surface area contributed by atoms with E-state index >= 15 is 0 Å². The largest absolute Gasteiger partial charge is 0.573 e. The van der Waals surface area contributed by atoms with Crippen LogP contribution in [-0.2, 0) is 4.74 Å². The van der Waals surface area contributed by atoms with E-state index in [2.05, 4.69) is 21.2 Å². The molecule has 0 radical (unpaired) electrons. The molecule has 0 saturated carbocycles. The summed E-state index contributed by atoms with van der Waals surface area (Å²) < 4.78 is 54.7. The number of nitriles is 1. The summed E-state index contributed by atoms with van der Waals surface area (Å²) in [7, 11) is -1.44. The van der Waals surface area contributed by atoms with Gasteiger partial charge >= 0.3 is 13.5 Å². The monoisotopic (exact) mass is 463 g/mol. The molecule has 0 aliphatic carbocycles. The third kappa shape index (κ3) is 4.89. The SMILES string of the molecule is N#C[C@H]1CCOCC1n1cc(C(N)=O)c(Nc2cc3c(c(OC(F)(F)F)c2)OB(O)C=C3)n1. The van der Waals surface area contributed by atoms with Gasteiger partial charge in [-0.15, -0.1) is 13.2 Å². The number of nitrogens with one attached hydrogen (secondary N) is 1. The summed E-state index contributed by atoms with van der Waals surface area (Å²) in [5.41, 5.74) is 5.70. The Hall–Kier alpha value is -3.70. The van der Waals surface area contributed by atoms with Gasteiger partial charge in [0.25, 0.3) is 5.91 Å². The Labute approximate surface area is 185 Å². The van der Waals surface area contributed by atoms with Gasteiger partial charge in [-0.05, 0) is 18.5 Å². The van der Waals surface area contributed by atoms with Crippen molar-refractivity contribution in [3.8, 4) is 17.6 Å². The molecule has 3 heterocycles. The van der Waals surface area contributed by atoms with Crippen LogP contribution in [-0.4, -0.2) is 47.4 Å². The van der Waals surface area contributed by atoms with Crippen molar-refractivity contribution in [2.45, 2.75) is 18.8 Å². The number of carbonyl (C=O) groups excluding carboxylic acids is 1. The minimum Gasteiger partial charge on any atom is -0.530 e. The normalized spacial score (nSPS) is 19.9. The van der Waals surface area contributed by atoms with Gasteiger partial charge in [-0.2, -0.15) is 10.4 Å². The summed E-state index contributed by atoms with van der Waals surface area (Å²) in [4.78, 5) is 12.0. The zero-order valence-electron chi connectivity index (χ0n) is 16.9. The number of rotatable bonds is 5. The van der Waals surface area contributed by atoms with Gasteiger partial charge in [0.2, 0.25) is 0 Å². The Morgan fingerprint density at radius 3 is 2.94 bits per heavy atom. The zero-order chi connectivity index (χ0) is 23.8. The maximum atomic E-state index is 12.9. The number of fused-ring (bicyclic) bond motifs is 1. The molecule has 1 unspecified atom stereocenters. The van der Waals surface area contributed by atoms with Crippen LogP contribution in [0.2, 0.25) is 0 Å². The Morgan fingerprint density at radius 1 is 1.45 bits per heavy atom. The number of halogens is 3. The van der Waals surface area contributed by atoms with Crippen molar-refractivity contribution < 1.29 is 37.1 Å². The standard InChI is InChI=1S/C19H17BF3N5O5/c21-19(22,23)32-15-6-12(5-10-1-3-20(30)33-16(10)15)26-18-13(17(25)29)8-28(27-18)14-9-31-4-2-11(14)7-24/h1,3,5-6,8,11,14,30H,2,4,9H2,(H2,25,29)(H,26,27)/t11-,14?/m1/s1. The van der Waals surface area contributed by atoms with Crippen molar-refractivity contribution in [1.29, 1.82) is 5.26 Å². The van der Waals surface area contributed by atoms with Gasteiger partial charge in [-0.1, -0.05) is 6.08 Å². The number of carbonyl (C=O) groups is 1. The molecule has 0 spiro atoms. The van der Waals surface area contributed by atoms with Gasteiger partial charge < -0.3 is 30.2 Å². The molecule has 1 aromatic heterocycles. The van der Waals surface area contributed by atoms with E-state index in [0.717, 1.165) is 6.07 Å². The van der Waals surface area contributed by atoms with Crippen molar-refractivity contribution in [2.75, 3.05) is 18.5 Å². The molecule has 4 rings (SSSR count). The third-order valence-corrected chi connectivity index (χ3v) is 5.08. The first-order valence-corrected chi connectivity index (χ1v) is 9.74. The van der Waals surface area contributed by atoms with Gasteiger partial charge in [0, 0.05) is 30.1 Å². The molecule has 0 bridgehead atoms. The molecule has 2 atom stereocenters. The number of primary amides is 1. The Kier molecular flexibility index (Phi) is 5.92. The lowest BCUT2D eigenvalue weighted by molar-refractivity contribution is -0.275. The van der Waals surface area contributed by atoms with E-state index in [9.17, 15) is 28.3 Å². The summed E-state index contributed by atoms with van der Waals surface area (Å²) in [5, 5.41) is 26.1. The van der Waals surface area contributed by atoms with Gasteiger partial charge in [0.05, 0.1) is 24.6 Å². The first-order chi connectivity index (χ1) is 15.6. The number of ether oxygens (including phenoxy) is 2. The van der Waals surface area contributed by atoms with Gasteiger partial charge in [-0.3, -0.25) is 9.48 Å². The highest BCUT2D eigenvalue weighted by atomic mass is 19.4. The molecule has 1 aromatic carbocycles. The molecule has 1 saturated heterocycles. The number of nitrogens with zero attached hydrogens (tertiary/aromatic N) is 3. The molecule has 1 fully saturated rings. The molecule has 2 aliphatic rings. The number of anilines is 2. The molecule has 14 heteroatoms. The summed E-state index contributed by atoms with van der Waals surface area (Å²) in [6, 6.07) is 4.13. The quantitative estimate of drug-likeness (QED) is 0.573. The molecular weight excluding hydrogens is 446 g/mol. The van der Waals surface area contributed by atoms with E-state index in [0.29, 0.717) is 13.0 Å². The van der Waals surface area contributed by atoms with E-state index in [1.165, 1.54) is 29.0 Å². The van der Waals surface area contributed by atoms with Crippen LogP contribution in [0.3, 0.4) is 0 Å². The number of hydrogen-bond acceptors (Lipinski definition) is 8. The van der Waals surface area contributed by atoms with E-state index < -0.39 is 37.1 Å². The lowest BCUT2D eigenvalue weighted by atomic mass is 9.86. The van der Waals surface area contributed by atoms with Crippen molar-refractivity contribution in [3.05, 3.63) is 35.4 Å². The van der Waals surface area contributed by atoms with E-state index in [4.69, 9.17) is 15.1 Å². The minimum absolute atomic E-state index is 0.0246. The average Bonchev–Trinajstić information content (AvgIpc) is 3.17. The summed E-state index contributed by atoms with van der Waals surface area (Å²) in [6.07, 6.45) is -1.81. The van der Waals surface area contributed by atoms with Gasteiger partial charge in [0.1, 0.15) is 5.56 Å². The van der Waals surface area contributed by atoms with Crippen LogP contribution < -0.4 is 20.4 Å². The molecule has 2 aliphatic heterocycles. The zero-order valence-corrected chi connectivity index (χ0v) is 16.9. The number of aromatic nitrogens is 2. The highest BCUT2D eigenvalue weighted by Crippen LogP contribution is 2.41. The van der Waals surface area contributed by atoms with Crippen LogP contribution in [0.1, 0.15) is 28.4 Å². The second kappa shape index (κ2) is 8.68. The van der Waals surface area contributed by atoms with Crippen molar-refractivity contribution in [3.63, 3.8) is 0 Å². The van der Waals surface area contributed by atoms with Crippen molar-refractivity contribution >= 4 is 30.6 Å². The van der Waals surface area contributed by atoms with E-state index in [-0.39, 0.29) is 35.0 Å². The van der Waals surface area contributed by atoms with Crippen LogP contribution in [0.25, 0.3) is 6.08 Å². The molecular formula is C19H17BF3N5O5. The number of alkyl halides is 3.